The summed E-state index contributed by atoms with van der Waals surface area (Å²) in [5.41, 5.74) is 3.11. The molecule has 0 unspecified atom stereocenters. The minimum absolute atomic E-state index is 0.0530. The van der Waals surface area contributed by atoms with Crippen molar-refractivity contribution in [1.82, 2.24) is 10.2 Å². The van der Waals surface area contributed by atoms with Crippen LogP contribution in [0, 0.1) is 0 Å². The minimum Gasteiger partial charge on any atom is -0.352 e. The number of sulfonamides is 1. The molecule has 0 heterocycles. The second kappa shape index (κ2) is 14.7. The van der Waals surface area contributed by atoms with Crippen molar-refractivity contribution >= 4 is 39.1 Å². The van der Waals surface area contributed by atoms with Crippen LogP contribution in [0.1, 0.15) is 55.7 Å². The van der Waals surface area contributed by atoms with Crippen LogP contribution >= 0.6 is 11.6 Å². The van der Waals surface area contributed by atoms with Crippen LogP contribution in [0.3, 0.4) is 0 Å². The van der Waals surface area contributed by atoms with E-state index in [0.717, 1.165) is 65.8 Å². The van der Waals surface area contributed by atoms with Gasteiger partial charge in [0, 0.05) is 24.0 Å². The van der Waals surface area contributed by atoms with Gasteiger partial charge in [-0.15, -0.1) is 0 Å². The van der Waals surface area contributed by atoms with Crippen molar-refractivity contribution in [2.24, 2.45) is 0 Å². The molecule has 0 radical (unpaired) electrons. The average Bonchev–Trinajstić information content (AvgIpc) is 2.98. The highest BCUT2D eigenvalue weighted by Gasteiger charge is 2.34. The highest BCUT2D eigenvalue weighted by Crippen LogP contribution is 2.23. The zero-order chi connectivity index (χ0) is 30.1. The Morgan fingerprint density at radius 1 is 0.905 bits per heavy atom. The number of halogens is 1. The Labute approximate surface area is 254 Å². The monoisotopic (exact) mass is 609 g/mol. The maximum atomic E-state index is 14.2. The van der Waals surface area contributed by atoms with Crippen molar-refractivity contribution in [3.63, 3.8) is 0 Å². The molecule has 1 aliphatic carbocycles. The Hall–Kier alpha value is -3.36. The summed E-state index contributed by atoms with van der Waals surface area (Å²) in [6.07, 6.45) is 7.26. The second-order valence-electron chi connectivity index (χ2n) is 11.0. The van der Waals surface area contributed by atoms with Gasteiger partial charge in [0.2, 0.25) is 21.8 Å². The van der Waals surface area contributed by atoms with Crippen LogP contribution in [0.5, 0.6) is 0 Å². The van der Waals surface area contributed by atoms with E-state index in [4.69, 9.17) is 11.6 Å². The summed E-state index contributed by atoms with van der Waals surface area (Å²) in [7, 11) is -3.81. The SMILES string of the molecule is CCc1ccc(N(CC(=O)N(Cc2cccc(Cl)c2)[C@@H](Cc2ccccc2)C(=O)NC2CCCCC2)S(C)(=O)=O)cc1. The van der Waals surface area contributed by atoms with Gasteiger partial charge < -0.3 is 10.2 Å². The van der Waals surface area contributed by atoms with Crippen LogP contribution in [0.15, 0.2) is 78.9 Å². The maximum Gasteiger partial charge on any atom is 0.244 e. The zero-order valence-corrected chi connectivity index (χ0v) is 25.9. The molecule has 1 saturated carbocycles. The molecule has 3 aromatic rings. The van der Waals surface area contributed by atoms with Crippen molar-refractivity contribution in [3.05, 3.63) is 101 Å². The molecule has 1 N–H and O–H groups in total. The second-order valence-corrected chi connectivity index (χ2v) is 13.3. The molecular formula is C33H40ClN3O4S. The lowest BCUT2D eigenvalue weighted by atomic mass is 9.94. The molecule has 0 spiro atoms. The van der Waals surface area contributed by atoms with E-state index in [1.165, 1.54) is 4.90 Å². The van der Waals surface area contributed by atoms with Gasteiger partial charge in [-0.1, -0.05) is 92.4 Å². The third-order valence-corrected chi connectivity index (χ3v) is 9.15. The van der Waals surface area contributed by atoms with E-state index in [0.29, 0.717) is 10.7 Å². The molecule has 9 heteroatoms. The number of amides is 2. The van der Waals surface area contributed by atoms with Gasteiger partial charge >= 0.3 is 0 Å². The summed E-state index contributed by atoms with van der Waals surface area (Å²) in [5.74, 6) is -0.709. The molecule has 0 bridgehead atoms. The largest absolute Gasteiger partial charge is 0.352 e. The van der Waals surface area contributed by atoms with Crippen molar-refractivity contribution in [1.29, 1.82) is 0 Å². The Morgan fingerprint density at radius 3 is 2.19 bits per heavy atom. The fourth-order valence-electron chi connectivity index (χ4n) is 5.44. The summed E-state index contributed by atoms with van der Waals surface area (Å²) < 4.78 is 27.0. The fourth-order valence-corrected chi connectivity index (χ4v) is 6.50. The standard InChI is InChI=1S/C33H40ClN3O4S/c1-3-25-17-19-30(20-18-25)37(42(2,40)41)24-32(38)36(23-27-13-10-14-28(34)21-27)31(22-26-11-6-4-7-12-26)33(39)35-29-15-8-5-9-16-29/h4,6-7,10-14,17-21,29,31H,3,5,8-9,15-16,22-24H2,1-2H3,(H,35,39)/t31-/m0/s1. The molecule has 0 aromatic heterocycles. The van der Waals surface area contributed by atoms with Gasteiger partial charge in [-0.25, -0.2) is 8.42 Å². The first-order valence-electron chi connectivity index (χ1n) is 14.6. The number of carbonyl (C=O) groups is 2. The molecule has 42 heavy (non-hydrogen) atoms. The maximum absolute atomic E-state index is 14.2. The van der Waals surface area contributed by atoms with Gasteiger partial charge in [-0.3, -0.25) is 13.9 Å². The number of rotatable bonds is 12. The predicted molar refractivity (Wildman–Crippen MR) is 169 cm³/mol. The van der Waals surface area contributed by atoms with E-state index in [-0.39, 0.29) is 24.9 Å². The molecule has 224 valence electrons. The van der Waals surface area contributed by atoms with E-state index < -0.39 is 28.5 Å². The number of hydrogen-bond acceptors (Lipinski definition) is 4. The minimum atomic E-state index is -3.81. The number of nitrogens with one attached hydrogen (secondary N) is 1. The smallest absolute Gasteiger partial charge is 0.244 e. The lowest BCUT2D eigenvalue weighted by molar-refractivity contribution is -0.140. The number of carbonyl (C=O) groups excluding carboxylic acids is 2. The number of anilines is 1. The van der Waals surface area contributed by atoms with Crippen LogP contribution < -0.4 is 9.62 Å². The molecule has 3 aromatic carbocycles. The molecule has 4 rings (SSSR count). The normalized spacial score (nSPS) is 14.6. The van der Waals surface area contributed by atoms with Crippen LogP contribution in [0.2, 0.25) is 5.02 Å². The van der Waals surface area contributed by atoms with Gasteiger partial charge in [0.1, 0.15) is 12.6 Å². The first-order valence-corrected chi connectivity index (χ1v) is 16.8. The Balaban J connectivity index is 1.71. The summed E-state index contributed by atoms with van der Waals surface area (Å²) in [6, 6.07) is 23.1. The quantitative estimate of drug-likeness (QED) is 0.283. The third kappa shape index (κ3) is 8.82. The first-order chi connectivity index (χ1) is 20.1. The van der Waals surface area contributed by atoms with Crippen molar-refractivity contribution in [2.75, 3.05) is 17.1 Å². The average molecular weight is 610 g/mol. The van der Waals surface area contributed by atoms with E-state index in [1.807, 2.05) is 55.5 Å². The highest BCUT2D eigenvalue weighted by atomic mass is 35.5. The van der Waals surface area contributed by atoms with E-state index >= 15 is 0 Å². The van der Waals surface area contributed by atoms with Crippen LogP contribution in [-0.4, -0.2) is 50.0 Å². The number of benzene rings is 3. The summed E-state index contributed by atoms with van der Waals surface area (Å²) >= 11 is 6.29. The first kappa shape index (κ1) is 31.6. The molecular weight excluding hydrogens is 570 g/mol. The topological polar surface area (TPSA) is 86.8 Å². The Morgan fingerprint density at radius 2 is 1.57 bits per heavy atom. The van der Waals surface area contributed by atoms with E-state index in [9.17, 15) is 18.0 Å². The molecule has 1 aliphatic rings. The molecule has 2 amide bonds. The highest BCUT2D eigenvalue weighted by molar-refractivity contribution is 7.92. The van der Waals surface area contributed by atoms with Crippen molar-refractivity contribution in [3.8, 4) is 0 Å². The predicted octanol–water partition coefficient (Wildman–Crippen LogP) is 5.76. The Kier molecular flexibility index (Phi) is 11.0. The zero-order valence-electron chi connectivity index (χ0n) is 24.3. The van der Waals surface area contributed by atoms with Gasteiger partial charge in [0.05, 0.1) is 11.9 Å². The van der Waals surface area contributed by atoms with Gasteiger partial charge in [-0.2, -0.15) is 0 Å². The van der Waals surface area contributed by atoms with Gasteiger partial charge in [-0.05, 0) is 60.2 Å². The summed E-state index contributed by atoms with van der Waals surface area (Å²) in [6.45, 7) is 1.68. The molecule has 1 atom stereocenters. The number of hydrogen-bond donors (Lipinski definition) is 1. The number of aryl methyl sites for hydroxylation is 1. The summed E-state index contributed by atoms with van der Waals surface area (Å²) in [5, 5.41) is 3.72. The van der Waals surface area contributed by atoms with Crippen LogP contribution in [0.4, 0.5) is 5.69 Å². The van der Waals surface area contributed by atoms with E-state index in [1.54, 1.807) is 30.3 Å². The van der Waals surface area contributed by atoms with Gasteiger partial charge in [0.25, 0.3) is 0 Å². The van der Waals surface area contributed by atoms with Crippen LogP contribution in [-0.2, 0) is 39.0 Å². The van der Waals surface area contributed by atoms with Crippen molar-refractivity contribution in [2.45, 2.75) is 70.5 Å². The van der Waals surface area contributed by atoms with E-state index in [2.05, 4.69) is 5.32 Å². The lowest BCUT2D eigenvalue weighted by Gasteiger charge is -2.35. The summed E-state index contributed by atoms with van der Waals surface area (Å²) in [4.78, 5) is 29.7. The third-order valence-electron chi connectivity index (χ3n) is 7.78. The molecule has 0 saturated heterocycles. The fraction of sp³-hybridized carbons (Fsp3) is 0.394. The Bertz CT molecular complexity index is 1440. The lowest BCUT2D eigenvalue weighted by Crippen LogP contribution is -2.55. The molecule has 0 aliphatic heterocycles. The molecule has 1 fully saturated rings. The molecule has 7 nitrogen and oxygen atoms in total. The van der Waals surface area contributed by atoms with Gasteiger partial charge in [0.15, 0.2) is 0 Å². The van der Waals surface area contributed by atoms with Crippen molar-refractivity contribution < 1.29 is 18.0 Å². The van der Waals surface area contributed by atoms with Crippen LogP contribution in [0.25, 0.3) is 0 Å². The number of nitrogens with zero attached hydrogens (tertiary/aromatic N) is 2.